The minimum absolute atomic E-state index is 0.0722. The van der Waals surface area contributed by atoms with Gasteiger partial charge in [-0.15, -0.1) is 0 Å². The van der Waals surface area contributed by atoms with Crippen molar-refractivity contribution in [1.29, 1.82) is 0 Å². The van der Waals surface area contributed by atoms with E-state index in [1.807, 2.05) is 0 Å². The lowest BCUT2D eigenvalue weighted by Crippen LogP contribution is -2.88. The summed E-state index contributed by atoms with van der Waals surface area (Å²) in [5, 5.41) is 0. The molecule has 0 heterocycles. The summed E-state index contributed by atoms with van der Waals surface area (Å²) in [4.78, 5) is 10.9. The number of esters is 1. The summed E-state index contributed by atoms with van der Waals surface area (Å²) < 4.78 is 410. The molecule has 0 saturated heterocycles. The van der Waals surface area contributed by atoms with Crippen molar-refractivity contribution < 1.29 is 137 Å². The molecule has 1 aliphatic carbocycles. The van der Waals surface area contributed by atoms with E-state index < -0.39 is 100 Å². The van der Waals surface area contributed by atoms with Crippen molar-refractivity contribution in [3.63, 3.8) is 0 Å². The van der Waals surface area contributed by atoms with Crippen LogP contribution in [0.4, 0.5) is 127 Å². The summed E-state index contributed by atoms with van der Waals surface area (Å²) in [6.45, 7) is 2.31. The molecule has 0 unspecified atom stereocenters. The summed E-state index contributed by atoms with van der Waals surface area (Å²) in [5.41, 5.74) is -12.6. The van der Waals surface area contributed by atoms with Crippen LogP contribution in [-0.2, 0) is 9.53 Å². The van der Waals surface area contributed by atoms with E-state index in [9.17, 15) is 128 Å². The standard InChI is InChI=1S/C19H5F29O2/c1-3(2)4(49)50-19(47,48)18(45,46)17(43,44)11(31,32)8(25,26)5(20)6(21,22)9(27,28)12(33,34)14(37,38)16(41,42)15(39,40)13(35,36)10(29,30)7(5,23)24/h1H2,2H3. The Morgan fingerprint density at radius 1 is 0.420 bits per heavy atom. The maximum Gasteiger partial charge on any atom is 0.473 e. The number of halogens is 29. The van der Waals surface area contributed by atoms with Crippen molar-refractivity contribution in [2.45, 2.75) is 95.7 Å². The fraction of sp³-hybridized carbons (Fsp3) is 0.842. The van der Waals surface area contributed by atoms with Crippen LogP contribution in [0, 0.1) is 0 Å². The lowest BCUT2D eigenvalue weighted by molar-refractivity contribution is -0.521. The average molecular weight is 816 g/mol. The summed E-state index contributed by atoms with van der Waals surface area (Å²) >= 11 is 0. The first-order valence-corrected chi connectivity index (χ1v) is 10.9. The van der Waals surface area contributed by atoms with Crippen LogP contribution >= 0.6 is 0 Å². The van der Waals surface area contributed by atoms with Gasteiger partial charge in [-0.2, -0.15) is 123 Å². The molecule has 0 N–H and O–H groups in total. The third kappa shape index (κ3) is 4.42. The predicted molar refractivity (Wildman–Crippen MR) is 94.0 cm³/mol. The third-order valence-electron chi connectivity index (χ3n) is 6.57. The van der Waals surface area contributed by atoms with Crippen LogP contribution in [0.2, 0.25) is 0 Å². The number of hydrogen-bond donors (Lipinski definition) is 0. The lowest BCUT2D eigenvalue weighted by atomic mass is 9.69. The van der Waals surface area contributed by atoms with Crippen molar-refractivity contribution in [2.24, 2.45) is 0 Å². The topological polar surface area (TPSA) is 26.3 Å². The second-order valence-electron chi connectivity index (χ2n) is 9.81. The number of rotatable bonds is 7. The van der Waals surface area contributed by atoms with Gasteiger partial charge in [-0.25, -0.2) is 9.18 Å². The Labute approximate surface area is 252 Å². The maximum absolute atomic E-state index is 15.2. The molecule has 1 aliphatic rings. The Kier molecular flexibility index (Phi) is 9.61. The zero-order valence-electron chi connectivity index (χ0n) is 22.0. The molecule has 0 aromatic rings. The SMILES string of the molecule is C=C(C)C(=O)OC(F)(F)C(F)(F)C(F)(F)C(F)(F)C(F)(F)C1(F)C(F)(F)C(F)(F)C(F)(F)C(F)(F)C(F)(F)C(F)(F)C(F)(F)C(F)(F)C1(F)F. The fourth-order valence-electron chi connectivity index (χ4n) is 3.47. The molecule has 0 bridgehead atoms. The Hall–Kier alpha value is -2.82. The fourth-order valence-corrected chi connectivity index (χ4v) is 3.47. The van der Waals surface area contributed by atoms with Crippen molar-refractivity contribution in [2.75, 3.05) is 0 Å². The zero-order valence-corrected chi connectivity index (χ0v) is 22.0. The van der Waals surface area contributed by atoms with Crippen LogP contribution < -0.4 is 0 Å². The number of carbonyl (C=O) groups excluding carboxylic acids is 1. The van der Waals surface area contributed by atoms with Crippen molar-refractivity contribution in [3.05, 3.63) is 12.2 Å². The average Bonchev–Trinajstić information content (AvgIpc) is 2.89. The van der Waals surface area contributed by atoms with E-state index >= 15 is 4.39 Å². The maximum atomic E-state index is 15.2. The van der Waals surface area contributed by atoms with E-state index in [4.69, 9.17) is 0 Å². The van der Waals surface area contributed by atoms with Gasteiger partial charge in [0.15, 0.2) is 0 Å². The highest BCUT2D eigenvalue weighted by atomic mass is 19.4. The second kappa shape index (κ2) is 10.6. The van der Waals surface area contributed by atoms with Gasteiger partial charge in [-0.05, 0) is 6.92 Å². The number of carbonyl (C=O) groups is 1. The van der Waals surface area contributed by atoms with Gasteiger partial charge in [0.1, 0.15) is 0 Å². The van der Waals surface area contributed by atoms with Crippen LogP contribution in [0.25, 0.3) is 0 Å². The van der Waals surface area contributed by atoms with Gasteiger partial charge in [0.05, 0.1) is 0 Å². The van der Waals surface area contributed by atoms with E-state index in [1.165, 1.54) is 0 Å². The molecule has 0 aromatic carbocycles. The van der Waals surface area contributed by atoms with Gasteiger partial charge >= 0.3 is 94.7 Å². The monoisotopic (exact) mass is 816 g/mol. The van der Waals surface area contributed by atoms with Gasteiger partial charge in [0.25, 0.3) is 0 Å². The van der Waals surface area contributed by atoms with Crippen molar-refractivity contribution in [3.8, 4) is 0 Å². The summed E-state index contributed by atoms with van der Waals surface area (Å²) in [6.07, 6.45) is -7.96. The normalized spacial score (nSPS) is 26.8. The molecule has 1 fully saturated rings. The molecule has 50 heavy (non-hydrogen) atoms. The van der Waals surface area contributed by atoms with E-state index in [0.29, 0.717) is 0 Å². The Balaban J connectivity index is 4.70. The first-order valence-electron chi connectivity index (χ1n) is 10.9. The summed E-state index contributed by atoms with van der Waals surface area (Å²) in [5.74, 6) is -133. The highest BCUT2D eigenvalue weighted by Crippen LogP contribution is 2.75. The Morgan fingerprint density at radius 2 is 0.640 bits per heavy atom. The minimum atomic E-state index is -10.9. The van der Waals surface area contributed by atoms with Crippen LogP contribution in [-0.4, -0.2) is 94.7 Å². The second-order valence-corrected chi connectivity index (χ2v) is 9.81. The Bertz CT molecular complexity index is 1320. The Morgan fingerprint density at radius 3 is 0.860 bits per heavy atom. The highest BCUT2D eigenvalue weighted by molar-refractivity contribution is 5.87. The molecule has 0 radical (unpaired) electrons. The summed E-state index contributed by atoms with van der Waals surface area (Å²) in [7, 11) is 0. The quantitative estimate of drug-likeness (QED) is 0.146. The third-order valence-corrected chi connectivity index (χ3v) is 6.57. The molecule has 0 aromatic heterocycles. The number of ether oxygens (including phenoxy) is 1. The molecule has 0 amide bonds. The number of hydrogen-bond acceptors (Lipinski definition) is 2. The van der Waals surface area contributed by atoms with E-state index in [0.717, 1.165) is 0 Å². The van der Waals surface area contributed by atoms with E-state index in [2.05, 4.69) is 11.3 Å². The molecule has 296 valence electrons. The summed E-state index contributed by atoms with van der Waals surface area (Å²) in [6, 6.07) is 0. The van der Waals surface area contributed by atoms with Gasteiger partial charge in [0.2, 0.25) is 0 Å². The van der Waals surface area contributed by atoms with Gasteiger partial charge < -0.3 is 4.74 Å². The van der Waals surface area contributed by atoms with E-state index in [-0.39, 0.29) is 6.92 Å². The van der Waals surface area contributed by atoms with E-state index in [1.54, 1.807) is 0 Å². The molecule has 1 saturated carbocycles. The number of alkyl halides is 29. The molecule has 0 spiro atoms. The first kappa shape index (κ1) is 45.2. The molecule has 1 rings (SSSR count). The largest absolute Gasteiger partial charge is 0.473 e. The van der Waals surface area contributed by atoms with Crippen LogP contribution in [0.1, 0.15) is 6.92 Å². The zero-order chi connectivity index (χ0) is 41.4. The van der Waals surface area contributed by atoms with Crippen molar-refractivity contribution >= 4 is 5.97 Å². The van der Waals surface area contributed by atoms with Gasteiger partial charge in [-0.1, -0.05) is 6.58 Å². The molecule has 0 atom stereocenters. The lowest BCUT2D eigenvalue weighted by Gasteiger charge is -2.53. The molecular formula is C19H5F29O2. The predicted octanol–water partition coefficient (Wildman–Crippen LogP) is 9.68. The molecule has 0 aliphatic heterocycles. The van der Waals surface area contributed by atoms with Crippen LogP contribution in [0.3, 0.4) is 0 Å². The van der Waals surface area contributed by atoms with Crippen LogP contribution in [0.5, 0.6) is 0 Å². The van der Waals surface area contributed by atoms with Gasteiger partial charge in [-0.3, -0.25) is 0 Å². The van der Waals surface area contributed by atoms with Crippen molar-refractivity contribution in [1.82, 2.24) is 0 Å². The first-order chi connectivity index (χ1) is 21.1. The highest BCUT2D eigenvalue weighted by Gasteiger charge is 3.08. The molecule has 31 heteroatoms. The van der Waals surface area contributed by atoms with Crippen LogP contribution in [0.15, 0.2) is 12.2 Å². The van der Waals surface area contributed by atoms with Gasteiger partial charge in [0, 0.05) is 5.57 Å². The molecular weight excluding hydrogens is 811 g/mol. The molecule has 2 nitrogen and oxygen atoms in total. The minimum Gasteiger partial charge on any atom is -0.393 e. The smallest absolute Gasteiger partial charge is 0.393 e.